The molecule has 3 aromatic rings. The molecule has 4 nitrogen and oxygen atoms in total. The Hall–Kier alpha value is -2.21. The fraction of sp³-hybridized carbons (Fsp3) is 0.250. The van der Waals surface area contributed by atoms with Gasteiger partial charge in [0.15, 0.2) is 5.13 Å². The molecule has 0 saturated carbocycles. The van der Waals surface area contributed by atoms with E-state index in [0.717, 1.165) is 35.9 Å². The molecule has 0 saturated heterocycles. The number of aryl methyl sites for hydroxylation is 1. The van der Waals surface area contributed by atoms with Crippen molar-refractivity contribution < 1.29 is 4.39 Å². The number of rotatable bonds is 6. The van der Waals surface area contributed by atoms with E-state index in [0.29, 0.717) is 0 Å². The molecule has 0 amide bonds. The van der Waals surface area contributed by atoms with E-state index in [1.165, 1.54) is 12.1 Å². The second-order valence-corrected chi connectivity index (χ2v) is 5.93. The highest BCUT2D eigenvalue weighted by Crippen LogP contribution is 2.27. The SMILES string of the molecule is CN(CCCn1ccnc1)c1nc(-c2ccc(F)cc2)cs1. The summed E-state index contributed by atoms with van der Waals surface area (Å²) >= 11 is 1.61. The summed E-state index contributed by atoms with van der Waals surface area (Å²) < 4.78 is 15.0. The zero-order valence-corrected chi connectivity index (χ0v) is 13.1. The number of hydrogen-bond acceptors (Lipinski definition) is 4. The molecule has 0 aliphatic carbocycles. The average Bonchev–Trinajstić information content (AvgIpc) is 3.19. The first-order valence-electron chi connectivity index (χ1n) is 7.11. The van der Waals surface area contributed by atoms with Crippen LogP contribution in [0.3, 0.4) is 0 Å². The predicted molar refractivity (Wildman–Crippen MR) is 87.6 cm³/mol. The van der Waals surface area contributed by atoms with Crippen LogP contribution in [0, 0.1) is 5.82 Å². The molecule has 0 aliphatic rings. The van der Waals surface area contributed by atoms with Crippen LogP contribution >= 0.6 is 11.3 Å². The molecule has 2 aromatic heterocycles. The number of thiazole rings is 1. The van der Waals surface area contributed by atoms with Gasteiger partial charge in [0, 0.05) is 43.5 Å². The number of aromatic nitrogens is 3. The molecular weight excluding hydrogens is 299 g/mol. The third-order valence-corrected chi connectivity index (χ3v) is 4.38. The molecule has 0 atom stereocenters. The summed E-state index contributed by atoms with van der Waals surface area (Å²) in [5.41, 5.74) is 1.83. The monoisotopic (exact) mass is 316 g/mol. The Bertz CT molecular complexity index is 706. The van der Waals surface area contributed by atoms with Gasteiger partial charge in [0.1, 0.15) is 5.82 Å². The van der Waals surface area contributed by atoms with Crippen LogP contribution in [0.5, 0.6) is 0 Å². The van der Waals surface area contributed by atoms with Crippen molar-refractivity contribution in [3.63, 3.8) is 0 Å². The van der Waals surface area contributed by atoms with Crippen LogP contribution in [-0.2, 0) is 6.54 Å². The van der Waals surface area contributed by atoms with Gasteiger partial charge >= 0.3 is 0 Å². The maximum atomic E-state index is 13.0. The van der Waals surface area contributed by atoms with Gasteiger partial charge in [-0.15, -0.1) is 11.3 Å². The van der Waals surface area contributed by atoms with Crippen molar-refractivity contribution in [2.75, 3.05) is 18.5 Å². The maximum Gasteiger partial charge on any atom is 0.185 e. The third-order valence-electron chi connectivity index (χ3n) is 3.43. The Morgan fingerprint density at radius 2 is 2.09 bits per heavy atom. The number of anilines is 1. The summed E-state index contributed by atoms with van der Waals surface area (Å²) in [7, 11) is 2.04. The van der Waals surface area contributed by atoms with E-state index in [9.17, 15) is 4.39 Å². The maximum absolute atomic E-state index is 13.0. The Labute approximate surface area is 132 Å². The van der Waals surface area contributed by atoms with E-state index in [1.807, 2.05) is 25.0 Å². The lowest BCUT2D eigenvalue weighted by Crippen LogP contribution is -2.19. The highest BCUT2D eigenvalue weighted by molar-refractivity contribution is 7.14. The van der Waals surface area contributed by atoms with Gasteiger partial charge < -0.3 is 9.47 Å². The topological polar surface area (TPSA) is 34.0 Å². The summed E-state index contributed by atoms with van der Waals surface area (Å²) in [6.07, 6.45) is 6.61. The highest BCUT2D eigenvalue weighted by Gasteiger charge is 2.08. The van der Waals surface area contributed by atoms with Gasteiger partial charge in [-0.1, -0.05) is 0 Å². The molecule has 22 heavy (non-hydrogen) atoms. The van der Waals surface area contributed by atoms with E-state index in [2.05, 4.69) is 19.4 Å². The van der Waals surface area contributed by atoms with Crippen LogP contribution in [0.2, 0.25) is 0 Å². The van der Waals surface area contributed by atoms with E-state index >= 15 is 0 Å². The summed E-state index contributed by atoms with van der Waals surface area (Å²) in [6.45, 7) is 1.87. The lowest BCUT2D eigenvalue weighted by molar-refractivity contribution is 0.628. The fourth-order valence-electron chi connectivity index (χ4n) is 2.20. The Balaban J connectivity index is 1.59. The molecule has 0 bridgehead atoms. The zero-order valence-electron chi connectivity index (χ0n) is 12.3. The van der Waals surface area contributed by atoms with Crippen LogP contribution < -0.4 is 4.90 Å². The van der Waals surface area contributed by atoms with E-state index in [-0.39, 0.29) is 5.82 Å². The number of hydrogen-bond donors (Lipinski definition) is 0. The lowest BCUT2D eigenvalue weighted by Gasteiger charge is -2.15. The summed E-state index contributed by atoms with van der Waals surface area (Å²) in [6, 6.07) is 6.44. The van der Waals surface area contributed by atoms with Gasteiger partial charge in [0.05, 0.1) is 12.0 Å². The van der Waals surface area contributed by atoms with Crippen molar-refractivity contribution in [2.45, 2.75) is 13.0 Å². The van der Waals surface area contributed by atoms with Crippen molar-refractivity contribution in [1.82, 2.24) is 14.5 Å². The first-order chi connectivity index (χ1) is 10.7. The van der Waals surface area contributed by atoms with Crippen molar-refractivity contribution >= 4 is 16.5 Å². The largest absolute Gasteiger partial charge is 0.351 e. The minimum absolute atomic E-state index is 0.226. The fourth-order valence-corrected chi connectivity index (χ4v) is 3.03. The zero-order chi connectivity index (χ0) is 15.4. The van der Waals surface area contributed by atoms with Crippen LogP contribution in [-0.4, -0.2) is 28.1 Å². The molecule has 0 fully saturated rings. The van der Waals surface area contributed by atoms with Crippen LogP contribution in [0.4, 0.5) is 9.52 Å². The van der Waals surface area contributed by atoms with E-state index in [4.69, 9.17) is 0 Å². The van der Waals surface area contributed by atoms with Crippen molar-refractivity contribution in [1.29, 1.82) is 0 Å². The molecule has 6 heteroatoms. The van der Waals surface area contributed by atoms with Gasteiger partial charge in [0.25, 0.3) is 0 Å². The first kappa shape index (κ1) is 14.7. The van der Waals surface area contributed by atoms with Crippen LogP contribution in [0.25, 0.3) is 11.3 Å². The van der Waals surface area contributed by atoms with Gasteiger partial charge in [-0.2, -0.15) is 0 Å². The van der Waals surface area contributed by atoms with Crippen molar-refractivity contribution in [2.24, 2.45) is 0 Å². The smallest absolute Gasteiger partial charge is 0.185 e. The molecule has 3 rings (SSSR count). The summed E-state index contributed by atoms with van der Waals surface area (Å²) in [5, 5.41) is 2.99. The molecule has 1 aromatic carbocycles. The number of imidazole rings is 1. The van der Waals surface area contributed by atoms with Gasteiger partial charge in [0.2, 0.25) is 0 Å². The van der Waals surface area contributed by atoms with Gasteiger partial charge in [-0.3, -0.25) is 0 Å². The molecule has 0 spiro atoms. The van der Waals surface area contributed by atoms with E-state index < -0.39 is 0 Å². The molecule has 0 unspecified atom stereocenters. The Morgan fingerprint density at radius 1 is 1.27 bits per heavy atom. The van der Waals surface area contributed by atoms with Gasteiger partial charge in [-0.25, -0.2) is 14.4 Å². The molecule has 114 valence electrons. The molecule has 0 aliphatic heterocycles. The van der Waals surface area contributed by atoms with Gasteiger partial charge in [-0.05, 0) is 30.7 Å². The normalized spacial score (nSPS) is 10.8. The average molecular weight is 316 g/mol. The van der Waals surface area contributed by atoms with Crippen LogP contribution in [0.15, 0.2) is 48.4 Å². The summed E-state index contributed by atoms with van der Waals surface area (Å²) in [5.74, 6) is -0.226. The standard InChI is InChI=1S/C16H17FN4S/c1-20(8-2-9-21-10-7-18-12-21)16-19-15(11-22-16)13-3-5-14(17)6-4-13/h3-7,10-12H,2,8-9H2,1H3. The van der Waals surface area contributed by atoms with Crippen LogP contribution in [0.1, 0.15) is 6.42 Å². The lowest BCUT2D eigenvalue weighted by atomic mass is 10.2. The summed E-state index contributed by atoms with van der Waals surface area (Å²) in [4.78, 5) is 10.8. The number of halogens is 1. The molecule has 0 N–H and O–H groups in total. The highest BCUT2D eigenvalue weighted by atomic mass is 32.1. The van der Waals surface area contributed by atoms with E-state index in [1.54, 1.807) is 29.7 Å². The Morgan fingerprint density at radius 3 is 2.82 bits per heavy atom. The number of benzene rings is 1. The predicted octanol–water partition coefficient (Wildman–Crippen LogP) is 3.67. The Kier molecular flexibility index (Phi) is 4.48. The first-order valence-corrected chi connectivity index (χ1v) is 7.99. The van der Waals surface area contributed by atoms with Crippen molar-refractivity contribution in [3.05, 3.63) is 54.2 Å². The minimum Gasteiger partial charge on any atom is -0.351 e. The second kappa shape index (κ2) is 6.70. The second-order valence-electron chi connectivity index (χ2n) is 5.10. The molecule has 2 heterocycles. The number of nitrogens with zero attached hydrogens (tertiary/aromatic N) is 4. The molecule has 0 radical (unpaired) electrons. The minimum atomic E-state index is -0.226. The molecular formula is C16H17FN4S. The quantitative estimate of drug-likeness (QED) is 0.696. The van der Waals surface area contributed by atoms with Crippen molar-refractivity contribution in [3.8, 4) is 11.3 Å². The third kappa shape index (κ3) is 3.51.